The minimum absolute atomic E-state index is 0.0949. The quantitative estimate of drug-likeness (QED) is 0.639. The van der Waals surface area contributed by atoms with Gasteiger partial charge < -0.3 is 15.7 Å². The van der Waals surface area contributed by atoms with Gasteiger partial charge >= 0.3 is 0 Å². The van der Waals surface area contributed by atoms with Crippen molar-refractivity contribution in [3.05, 3.63) is 60.2 Å². The predicted octanol–water partition coefficient (Wildman–Crippen LogP) is 4.07. The monoisotopic (exact) mass is 386 g/mol. The molecule has 3 N–H and O–H groups in total. The smallest absolute Gasteiger partial charge is 0.237 e. The number of hydrogen-bond acceptors (Lipinski definition) is 4. The zero-order valence-corrected chi connectivity index (χ0v) is 16.6. The minimum atomic E-state index is -0.609. The van der Waals surface area contributed by atoms with E-state index in [1.54, 1.807) is 24.3 Å². The van der Waals surface area contributed by atoms with Gasteiger partial charge in [-0.1, -0.05) is 44.2 Å². The molecule has 0 radical (unpaired) electrons. The number of carbonyl (C=O) groups excluding carboxylic acids is 2. The molecule has 0 aliphatic heterocycles. The summed E-state index contributed by atoms with van der Waals surface area (Å²) in [5.74, 6) is 0.334. The number of rotatable bonds is 8. The van der Waals surface area contributed by atoms with Gasteiger partial charge in [0, 0.05) is 24.1 Å². The lowest BCUT2D eigenvalue weighted by Crippen LogP contribution is -2.30. The lowest BCUT2D eigenvalue weighted by atomic mass is 10.1. The van der Waals surface area contributed by atoms with Crippen LogP contribution in [-0.2, 0) is 9.59 Å². The Labute approximate surface area is 164 Å². The summed E-state index contributed by atoms with van der Waals surface area (Å²) in [6, 6.07) is 16.4. The molecule has 2 amide bonds. The molecule has 2 aromatic carbocycles. The third-order valence-corrected chi connectivity index (χ3v) is 5.58. The second-order valence-corrected chi connectivity index (χ2v) is 7.85. The van der Waals surface area contributed by atoms with E-state index < -0.39 is 6.10 Å². The van der Waals surface area contributed by atoms with Gasteiger partial charge in [0.05, 0.1) is 11.4 Å². The second-order valence-electron chi connectivity index (χ2n) is 6.67. The zero-order chi connectivity index (χ0) is 19.8. The van der Waals surface area contributed by atoms with Crippen LogP contribution in [0.25, 0.3) is 0 Å². The van der Waals surface area contributed by atoms with E-state index >= 15 is 0 Å². The van der Waals surface area contributed by atoms with E-state index in [0.717, 1.165) is 5.56 Å². The highest BCUT2D eigenvalue weighted by Gasteiger charge is 2.24. The molecule has 27 heavy (non-hydrogen) atoms. The summed E-state index contributed by atoms with van der Waals surface area (Å²) in [6.07, 6.45) is -0.609. The van der Waals surface area contributed by atoms with Crippen molar-refractivity contribution in [3.8, 4) is 0 Å². The van der Waals surface area contributed by atoms with Gasteiger partial charge in [0.25, 0.3) is 0 Å². The fraction of sp³-hybridized carbons (Fsp3) is 0.333. The molecule has 6 heteroatoms. The molecular weight excluding hydrogens is 360 g/mol. The molecule has 0 aromatic heterocycles. The molecule has 0 heterocycles. The molecule has 0 saturated carbocycles. The highest BCUT2D eigenvalue weighted by molar-refractivity contribution is 8.00. The fourth-order valence-corrected chi connectivity index (χ4v) is 3.77. The maximum Gasteiger partial charge on any atom is 0.237 e. The topological polar surface area (TPSA) is 78.4 Å². The Morgan fingerprint density at radius 2 is 1.52 bits per heavy atom. The van der Waals surface area contributed by atoms with Gasteiger partial charge in [0.2, 0.25) is 11.8 Å². The molecule has 2 aromatic rings. The van der Waals surface area contributed by atoms with Crippen molar-refractivity contribution in [2.45, 2.75) is 32.1 Å². The van der Waals surface area contributed by atoms with E-state index in [1.165, 1.54) is 18.7 Å². The Kier molecular flexibility index (Phi) is 7.88. The van der Waals surface area contributed by atoms with Crippen LogP contribution in [0.2, 0.25) is 0 Å². The van der Waals surface area contributed by atoms with Crippen molar-refractivity contribution in [1.82, 2.24) is 0 Å². The van der Waals surface area contributed by atoms with Gasteiger partial charge in [0.1, 0.15) is 0 Å². The lowest BCUT2D eigenvalue weighted by molar-refractivity contribution is -0.116. The molecule has 0 aliphatic rings. The molecule has 144 valence electrons. The maximum absolute atomic E-state index is 12.7. The summed E-state index contributed by atoms with van der Waals surface area (Å²) in [4.78, 5) is 23.7. The molecule has 0 saturated heterocycles. The Balaban J connectivity index is 1.95. The number of thioether (sulfide) groups is 1. The fourth-order valence-electron chi connectivity index (χ4n) is 2.59. The summed E-state index contributed by atoms with van der Waals surface area (Å²) in [5.41, 5.74) is 2.20. The van der Waals surface area contributed by atoms with Crippen LogP contribution in [-0.4, -0.2) is 27.9 Å². The SMILES string of the molecule is CC(=O)Nc1ccc(NC(=O)C(SCC(O)c2ccccc2)C(C)C)cc1. The summed E-state index contributed by atoms with van der Waals surface area (Å²) in [6.45, 7) is 5.43. The molecule has 0 fully saturated rings. The van der Waals surface area contributed by atoms with Crippen LogP contribution in [0, 0.1) is 5.92 Å². The number of aliphatic hydroxyl groups excluding tert-OH is 1. The first kappa shape index (κ1) is 21.0. The molecule has 2 rings (SSSR count). The Morgan fingerprint density at radius 3 is 2.04 bits per heavy atom. The minimum Gasteiger partial charge on any atom is -0.388 e. The first-order chi connectivity index (χ1) is 12.9. The van der Waals surface area contributed by atoms with Crippen LogP contribution in [0.15, 0.2) is 54.6 Å². The standard InChI is InChI=1S/C21H26N2O3S/c1-14(2)20(27-13-19(25)16-7-5-4-6-8-16)21(26)23-18-11-9-17(10-12-18)22-15(3)24/h4-12,14,19-20,25H,13H2,1-3H3,(H,22,24)(H,23,26). The zero-order valence-electron chi connectivity index (χ0n) is 15.8. The molecule has 2 unspecified atom stereocenters. The van der Waals surface area contributed by atoms with Gasteiger partial charge in [-0.2, -0.15) is 0 Å². The summed E-state index contributed by atoms with van der Waals surface area (Å²) in [5, 5.41) is 15.7. The maximum atomic E-state index is 12.7. The molecule has 0 bridgehead atoms. The number of hydrogen-bond donors (Lipinski definition) is 3. The Hall–Kier alpha value is -2.31. The van der Waals surface area contributed by atoms with E-state index in [-0.39, 0.29) is 23.0 Å². The summed E-state index contributed by atoms with van der Waals surface area (Å²) < 4.78 is 0. The average molecular weight is 387 g/mol. The summed E-state index contributed by atoms with van der Waals surface area (Å²) >= 11 is 1.45. The van der Waals surface area contributed by atoms with Gasteiger partial charge in [-0.05, 0) is 35.7 Å². The largest absolute Gasteiger partial charge is 0.388 e. The number of anilines is 2. The van der Waals surface area contributed by atoms with Crippen molar-refractivity contribution < 1.29 is 14.7 Å². The van der Waals surface area contributed by atoms with Crippen molar-refractivity contribution >= 4 is 35.0 Å². The summed E-state index contributed by atoms with van der Waals surface area (Å²) in [7, 11) is 0. The number of carbonyl (C=O) groups is 2. The third kappa shape index (κ3) is 6.73. The lowest BCUT2D eigenvalue weighted by Gasteiger charge is -2.21. The number of amides is 2. The van der Waals surface area contributed by atoms with Gasteiger partial charge in [-0.15, -0.1) is 11.8 Å². The number of nitrogens with one attached hydrogen (secondary N) is 2. The predicted molar refractivity (Wildman–Crippen MR) is 112 cm³/mol. The molecule has 0 aliphatic carbocycles. The van der Waals surface area contributed by atoms with E-state index in [0.29, 0.717) is 17.1 Å². The van der Waals surface area contributed by atoms with Crippen molar-refractivity contribution in [2.75, 3.05) is 16.4 Å². The average Bonchev–Trinajstić information content (AvgIpc) is 2.63. The van der Waals surface area contributed by atoms with Crippen molar-refractivity contribution in [1.29, 1.82) is 0 Å². The van der Waals surface area contributed by atoms with Crippen LogP contribution in [0.4, 0.5) is 11.4 Å². The van der Waals surface area contributed by atoms with E-state index in [1.807, 2.05) is 44.2 Å². The molecule has 2 atom stereocenters. The van der Waals surface area contributed by atoms with E-state index in [2.05, 4.69) is 10.6 Å². The Bertz CT molecular complexity index is 748. The third-order valence-electron chi connectivity index (χ3n) is 3.95. The second kappa shape index (κ2) is 10.1. The first-order valence-corrected chi connectivity index (χ1v) is 9.95. The first-order valence-electron chi connectivity index (χ1n) is 8.90. The molecule has 5 nitrogen and oxygen atoms in total. The normalized spacial score (nSPS) is 13.1. The van der Waals surface area contributed by atoms with Crippen LogP contribution >= 0.6 is 11.8 Å². The van der Waals surface area contributed by atoms with Crippen LogP contribution < -0.4 is 10.6 Å². The van der Waals surface area contributed by atoms with Crippen LogP contribution in [0.3, 0.4) is 0 Å². The Morgan fingerprint density at radius 1 is 0.963 bits per heavy atom. The van der Waals surface area contributed by atoms with Gasteiger partial charge in [0.15, 0.2) is 0 Å². The number of benzene rings is 2. The van der Waals surface area contributed by atoms with Crippen molar-refractivity contribution in [2.24, 2.45) is 5.92 Å². The van der Waals surface area contributed by atoms with Gasteiger partial charge in [-0.3, -0.25) is 9.59 Å². The molecular formula is C21H26N2O3S. The highest BCUT2D eigenvalue weighted by Crippen LogP contribution is 2.27. The molecule has 0 spiro atoms. The van der Waals surface area contributed by atoms with Gasteiger partial charge in [-0.25, -0.2) is 0 Å². The van der Waals surface area contributed by atoms with Crippen LogP contribution in [0.5, 0.6) is 0 Å². The van der Waals surface area contributed by atoms with E-state index in [9.17, 15) is 14.7 Å². The number of aliphatic hydroxyl groups is 1. The van der Waals surface area contributed by atoms with Crippen molar-refractivity contribution in [3.63, 3.8) is 0 Å². The highest BCUT2D eigenvalue weighted by atomic mass is 32.2. The van der Waals surface area contributed by atoms with Crippen LogP contribution in [0.1, 0.15) is 32.4 Å². The van der Waals surface area contributed by atoms with E-state index in [4.69, 9.17) is 0 Å².